The predicted molar refractivity (Wildman–Crippen MR) is 74.5 cm³/mol. The Labute approximate surface area is 113 Å². The van der Waals surface area contributed by atoms with Crippen LogP contribution in [0.4, 0.5) is 4.39 Å². The maximum absolute atomic E-state index is 12.9. The first-order valence-electron chi connectivity index (χ1n) is 6.58. The quantitative estimate of drug-likeness (QED) is 0.897. The van der Waals surface area contributed by atoms with Gasteiger partial charge in [0.05, 0.1) is 17.4 Å². The van der Waals surface area contributed by atoms with E-state index >= 15 is 0 Å². The van der Waals surface area contributed by atoms with E-state index in [9.17, 15) is 4.39 Å². The number of aryl methyl sites for hydroxylation is 2. The highest BCUT2D eigenvalue weighted by atomic mass is 19.1. The second-order valence-corrected chi connectivity index (χ2v) is 4.78. The summed E-state index contributed by atoms with van der Waals surface area (Å²) in [5, 5.41) is 7.85. The lowest BCUT2D eigenvalue weighted by molar-refractivity contribution is 0.507. The highest BCUT2D eigenvalue weighted by molar-refractivity contribution is 5.21. The lowest BCUT2D eigenvalue weighted by Gasteiger charge is -2.18. The Bertz CT molecular complexity index is 531. The number of aromatic nitrogens is 2. The van der Waals surface area contributed by atoms with E-state index in [4.69, 9.17) is 0 Å². The van der Waals surface area contributed by atoms with Crippen LogP contribution in [-0.2, 0) is 13.5 Å². The smallest absolute Gasteiger partial charge is 0.123 e. The number of likely N-dealkylation sites (N-methyl/N-ethyl adjacent to an activating group) is 1. The van der Waals surface area contributed by atoms with Gasteiger partial charge in [0.2, 0.25) is 0 Å². The molecule has 2 aromatic rings. The van der Waals surface area contributed by atoms with Crippen molar-refractivity contribution in [2.45, 2.75) is 26.3 Å². The SMILES string of the molecule is CCNC(Cc1ccc(F)cc1)c1cc(C)nn1C. The zero-order chi connectivity index (χ0) is 13.8. The standard InChI is InChI=1S/C15H20FN3/c1-4-17-14(15-9-11(2)18-19(15)3)10-12-5-7-13(16)8-6-12/h5-9,14,17H,4,10H2,1-3H3. The second-order valence-electron chi connectivity index (χ2n) is 4.78. The Balaban J connectivity index is 2.20. The van der Waals surface area contributed by atoms with Gasteiger partial charge in [0.1, 0.15) is 5.82 Å². The molecule has 3 nitrogen and oxygen atoms in total. The molecule has 0 aliphatic heterocycles. The summed E-state index contributed by atoms with van der Waals surface area (Å²) in [5.74, 6) is -0.194. The minimum atomic E-state index is -0.194. The molecular formula is C15H20FN3. The molecule has 1 aromatic carbocycles. The molecule has 2 rings (SSSR count). The number of halogens is 1. The minimum absolute atomic E-state index is 0.194. The van der Waals surface area contributed by atoms with Crippen LogP contribution in [0.2, 0.25) is 0 Å². The molecular weight excluding hydrogens is 241 g/mol. The Hall–Kier alpha value is -1.68. The molecule has 1 heterocycles. The fourth-order valence-corrected chi connectivity index (χ4v) is 2.34. The summed E-state index contributed by atoms with van der Waals surface area (Å²) in [7, 11) is 1.96. The van der Waals surface area contributed by atoms with Crippen LogP contribution >= 0.6 is 0 Å². The van der Waals surface area contributed by atoms with Crippen LogP contribution in [0.3, 0.4) is 0 Å². The summed E-state index contributed by atoms with van der Waals surface area (Å²) in [6.07, 6.45) is 0.826. The van der Waals surface area contributed by atoms with Crippen LogP contribution in [-0.4, -0.2) is 16.3 Å². The van der Waals surface area contributed by atoms with Gasteiger partial charge >= 0.3 is 0 Å². The van der Waals surface area contributed by atoms with Gasteiger partial charge in [-0.3, -0.25) is 4.68 Å². The van der Waals surface area contributed by atoms with Crippen LogP contribution in [0.5, 0.6) is 0 Å². The van der Waals surface area contributed by atoms with Crippen molar-refractivity contribution in [2.24, 2.45) is 7.05 Å². The highest BCUT2D eigenvalue weighted by Gasteiger charge is 2.15. The molecule has 4 heteroatoms. The van der Waals surface area contributed by atoms with Crippen LogP contribution in [0.15, 0.2) is 30.3 Å². The van der Waals surface area contributed by atoms with Gasteiger partial charge in [0.15, 0.2) is 0 Å². The fourth-order valence-electron chi connectivity index (χ4n) is 2.34. The van der Waals surface area contributed by atoms with Gasteiger partial charge in [-0.05, 0) is 43.7 Å². The summed E-state index contributed by atoms with van der Waals surface area (Å²) in [5.41, 5.74) is 3.29. The van der Waals surface area contributed by atoms with E-state index < -0.39 is 0 Å². The summed E-state index contributed by atoms with van der Waals surface area (Å²) < 4.78 is 14.8. The average Bonchev–Trinajstić information content (AvgIpc) is 2.71. The van der Waals surface area contributed by atoms with Crippen molar-refractivity contribution in [3.05, 3.63) is 53.1 Å². The summed E-state index contributed by atoms with van der Waals surface area (Å²) in [6.45, 7) is 4.96. The molecule has 0 aliphatic rings. The molecule has 102 valence electrons. The molecule has 0 fully saturated rings. The number of benzene rings is 1. The molecule has 1 N–H and O–H groups in total. The normalized spacial score (nSPS) is 12.6. The van der Waals surface area contributed by atoms with Crippen LogP contribution < -0.4 is 5.32 Å². The van der Waals surface area contributed by atoms with Gasteiger partial charge < -0.3 is 5.32 Å². The zero-order valence-electron chi connectivity index (χ0n) is 11.7. The first-order chi connectivity index (χ1) is 9.10. The van der Waals surface area contributed by atoms with Crippen molar-refractivity contribution in [3.63, 3.8) is 0 Å². The third kappa shape index (κ3) is 3.41. The molecule has 0 spiro atoms. The minimum Gasteiger partial charge on any atom is -0.309 e. The van der Waals surface area contributed by atoms with E-state index in [1.54, 1.807) is 0 Å². The maximum atomic E-state index is 12.9. The summed E-state index contributed by atoms with van der Waals surface area (Å²) >= 11 is 0. The third-order valence-corrected chi connectivity index (χ3v) is 3.20. The van der Waals surface area contributed by atoms with E-state index in [0.717, 1.165) is 29.9 Å². The zero-order valence-corrected chi connectivity index (χ0v) is 11.7. The van der Waals surface area contributed by atoms with Gasteiger partial charge in [0, 0.05) is 7.05 Å². The molecule has 0 amide bonds. The average molecular weight is 261 g/mol. The largest absolute Gasteiger partial charge is 0.309 e. The predicted octanol–water partition coefficient (Wildman–Crippen LogP) is 2.76. The Morgan fingerprint density at radius 3 is 2.53 bits per heavy atom. The van der Waals surface area contributed by atoms with E-state index in [0.29, 0.717) is 0 Å². The van der Waals surface area contributed by atoms with E-state index in [2.05, 4.69) is 23.4 Å². The monoisotopic (exact) mass is 261 g/mol. The topological polar surface area (TPSA) is 29.9 Å². The third-order valence-electron chi connectivity index (χ3n) is 3.20. The molecule has 1 atom stereocenters. The number of hydrogen-bond donors (Lipinski definition) is 1. The van der Waals surface area contributed by atoms with E-state index in [-0.39, 0.29) is 11.9 Å². The number of hydrogen-bond acceptors (Lipinski definition) is 2. The van der Waals surface area contributed by atoms with Crippen molar-refractivity contribution >= 4 is 0 Å². The second kappa shape index (κ2) is 5.97. The van der Waals surface area contributed by atoms with Gasteiger partial charge in [-0.2, -0.15) is 5.10 Å². The lowest BCUT2D eigenvalue weighted by atomic mass is 10.0. The Morgan fingerprint density at radius 1 is 1.32 bits per heavy atom. The van der Waals surface area contributed by atoms with Crippen molar-refractivity contribution in [2.75, 3.05) is 6.54 Å². The lowest BCUT2D eigenvalue weighted by Crippen LogP contribution is -2.25. The fraction of sp³-hybridized carbons (Fsp3) is 0.400. The van der Waals surface area contributed by atoms with Crippen molar-refractivity contribution < 1.29 is 4.39 Å². The van der Waals surface area contributed by atoms with Crippen LogP contribution in [0.25, 0.3) is 0 Å². The first kappa shape index (κ1) is 13.7. The molecule has 0 bridgehead atoms. The van der Waals surface area contributed by atoms with Crippen LogP contribution in [0.1, 0.15) is 29.9 Å². The van der Waals surface area contributed by atoms with Crippen molar-refractivity contribution in [1.82, 2.24) is 15.1 Å². The molecule has 0 aliphatic carbocycles. The van der Waals surface area contributed by atoms with E-state index in [1.165, 1.54) is 12.1 Å². The number of nitrogens with zero attached hydrogens (tertiary/aromatic N) is 2. The first-order valence-corrected chi connectivity index (χ1v) is 6.58. The van der Waals surface area contributed by atoms with Gasteiger partial charge in [-0.15, -0.1) is 0 Å². The van der Waals surface area contributed by atoms with Crippen molar-refractivity contribution in [1.29, 1.82) is 0 Å². The Kier molecular flexibility index (Phi) is 4.32. The van der Waals surface area contributed by atoms with Crippen LogP contribution in [0, 0.1) is 12.7 Å². The molecule has 1 unspecified atom stereocenters. The maximum Gasteiger partial charge on any atom is 0.123 e. The van der Waals surface area contributed by atoms with Crippen molar-refractivity contribution in [3.8, 4) is 0 Å². The molecule has 0 saturated heterocycles. The van der Waals surface area contributed by atoms with Gasteiger partial charge in [-0.1, -0.05) is 19.1 Å². The summed E-state index contributed by atoms with van der Waals surface area (Å²) in [6, 6.07) is 8.98. The number of nitrogens with one attached hydrogen (secondary N) is 1. The summed E-state index contributed by atoms with van der Waals surface area (Å²) in [4.78, 5) is 0. The Morgan fingerprint density at radius 2 is 2.00 bits per heavy atom. The molecule has 0 radical (unpaired) electrons. The molecule has 19 heavy (non-hydrogen) atoms. The number of rotatable bonds is 5. The molecule has 1 aromatic heterocycles. The highest BCUT2D eigenvalue weighted by Crippen LogP contribution is 2.19. The molecule has 0 saturated carbocycles. The van der Waals surface area contributed by atoms with Gasteiger partial charge in [0.25, 0.3) is 0 Å². The van der Waals surface area contributed by atoms with Gasteiger partial charge in [-0.25, -0.2) is 4.39 Å². The van der Waals surface area contributed by atoms with E-state index in [1.807, 2.05) is 30.8 Å².